The van der Waals surface area contributed by atoms with Gasteiger partial charge in [-0.25, -0.2) is 18.6 Å². The number of amides is 2. The van der Waals surface area contributed by atoms with E-state index in [9.17, 15) is 13.6 Å². The molecule has 3 aromatic rings. The van der Waals surface area contributed by atoms with Gasteiger partial charge < -0.3 is 14.2 Å². The molecule has 1 aliphatic heterocycles. The zero-order valence-corrected chi connectivity index (χ0v) is 15.1. The van der Waals surface area contributed by atoms with Crippen LogP contribution in [-0.2, 0) is 0 Å². The number of carbonyl (C=O) groups excluding carboxylic acids is 1. The normalized spacial score (nSPS) is 16.9. The molecule has 0 bridgehead atoms. The van der Waals surface area contributed by atoms with Crippen LogP contribution in [0.1, 0.15) is 24.8 Å². The number of benzene rings is 2. The zero-order chi connectivity index (χ0) is 19.1. The van der Waals surface area contributed by atoms with Crippen LogP contribution < -0.4 is 0 Å². The number of aromatic nitrogens is 1. The van der Waals surface area contributed by atoms with E-state index in [4.69, 9.17) is 4.42 Å². The van der Waals surface area contributed by atoms with Gasteiger partial charge in [0, 0.05) is 32.3 Å². The molecule has 1 aromatic heterocycles. The molecule has 2 amide bonds. The van der Waals surface area contributed by atoms with Crippen LogP contribution in [0.5, 0.6) is 0 Å². The third-order valence-electron chi connectivity index (χ3n) is 4.81. The summed E-state index contributed by atoms with van der Waals surface area (Å²) in [5.41, 5.74) is 2.04. The highest BCUT2D eigenvalue weighted by Crippen LogP contribution is 2.35. The Kier molecular flexibility index (Phi) is 4.30. The molecule has 7 heteroatoms. The maximum absolute atomic E-state index is 14.1. The van der Waals surface area contributed by atoms with Gasteiger partial charge in [-0.15, -0.1) is 0 Å². The van der Waals surface area contributed by atoms with E-state index in [0.29, 0.717) is 34.7 Å². The van der Waals surface area contributed by atoms with E-state index in [1.54, 1.807) is 37.2 Å². The third kappa shape index (κ3) is 3.13. The monoisotopic (exact) mass is 371 g/mol. The summed E-state index contributed by atoms with van der Waals surface area (Å²) < 4.78 is 33.1. The molecule has 0 saturated carbocycles. The summed E-state index contributed by atoms with van der Waals surface area (Å²) in [6.45, 7) is 0.659. The molecule has 1 aliphatic rings. The highest BCUT2D eigenvalue weighted by Gasteiger charge is 2.34. The van der Waals surface area contributed by atoms with Crippen molar-refractivity contribution in [3.8, 4) is 11.1 Å². The average Bonchev–Trinajstić information content (AvgIpc) is 3.26. The SMILES string of the molecule is CN(C)C(=O)N1CCC[C@H]1c1nc2cc(-c3ccc(F)cc3F)ccc2o1. The van der Waals surface area contributed by atoms with Crippen molar-refractivity contribution < 1.29 is 18.0 Å². The molecule has 0 radical (unpaired) electrons. The number of rotatable bonds is 2. The van der Waals surface area contributed by atoms with Gasteiger partial charge in [-0.2, -0.15) is 0 Å². The molecule has 0 spiro atoms. The zero-order valence-electron chi connectivity index (χ0n) is 15.1. The second-order valence-corrected chi connectivity index (χ2v) is 6.89. The molecular formula is C20H19F2N3O2. The van der Waals surface area contributed by atoms with Crippen molar-refractivity contribution in [1.82, 2.24) is 14.8 Å². The Morgan fingerprint density at radius 1 is 1.22 bits per heavy atom. The lowest BCUT2D eigenvalue weighted by molar-refractivity contribution is 0.159. The second-order valence-electron chi connectivity index (χ2n) is 6.89. The van der Waals surface area contributed by atoms with Crippen LogP contribution in [0.2, 0.25) is 0 Å². The summed E-state index contributed by atoms with van der Waals surface area (Å²) in [4.78, 5) is 20.2. The Morgan fingerprint density at radius 3 is 2.78 bits per heavy atom. The number of hydrogen-bond donors (Lipinski definition) is 0. The van der Waals surface area contributed by atoms with E-state index in [1.807, 2.05) is 0 Å². The van der Waals surface area contributed by atoms with Crippen LogP contribution in [0.3, 0.4) is 0 Å². The smallest absolute Gasteiger partial charge is 0.320 e. The van der Waals surface area contributed by atoms with Crippen LogP contribution >= 0.6 is 0 Å². The molecule has 1 fully saturated rings. The maximum Gasteiger partial charge on any atom is 0.320 e. The minimum absolute atomic E-state index is 0.0752. The van der Waals surface area contributed by atoms with Crippen molar-refractivity contribution in [2.24, 2.45) is 0 Å². The molecule has 1 saturated heterocycles. The molecule has 0 aliphatic carbocycles. The second kappa shape index (κ2) is 6.64. The maximum atomic E-state index is 14.1. The highest BCUT2D eigenvalue weighted by molar-refractivity contribution is 5.81. The molecule has 4 rings (SSSR count). The van der Waals surface area contributed by atoms with E-state index in [2.05, 4.69) is 4.98 Å². The Morgan fingerprint density at radius 2 is 2.04 bits per heavy atom. The van der Waals surface area contributed by atoms with E-state index < -0.39 is 11.6 Å². The first-order valence-corrected chi connectivity index (χ1v) is 8.78. The summed E-state index contributed by atoms with van der Waals surface area (Å²) >= 11 is 0. The molecule has 2 heterocycles. The van der Waals surface area contributed by atoms with Crippen LogP contribution in [0, 0.1) is 11.6 Å². The Balaban J connectivity index is 1.70. The van der Waals surface area contributed by atoms with Gasteiger partial charge in [-0.1, -0.05) is 6.07 Å². The fourth-order valence-electron chi connectivity index (χ4n) is 3.49. The number of hydrogen-bond acceptors (Lipinski definition) is 3. The summed E-state index contributed by atoms with van der Waals surface area (Å²) in [7, 11) is 3.43. The Labute approximate surface area is 155 Å². The van der Waals surface area contributed by atoms with Crippen molar-refractivity contribution in [3.05, 3.63) is 53.9 Å². The number of nitrogens with zero attached hydrogens (tertiary/aromatic N) is 3. The molecule has 1 atom stereocenters. The van der Waals surface area contributed by atoms with Gasteiger partial charge in [0.1, 0.15) is 23.2 Å². The van der Waals surface area contributed by atoms with Crippen molar-refractivity contribution in [2.75, 3.05) is 20.6 Å². The first-order chi connectivity index (χ1) is 12.9. The van der Waals surface area contributed by atoms with Gasteiger partial charge in [-0.05, 0) is 42.7 Å². The lowest BCUT2D eigenvalue weighted by atomic mass is 10.0. The predicted molar refractivity (Wildman–Crippen MR) is 97.1 cm³/mol. The van der Waals surface area contributed by atoms with Crippen LogP contribution in [-0.4, -0.2) is 41.5 Å². The Hall–Kier alpha value is -2.96. The fraction of sp³-hybridized carbons (Fsp3) is 0.300. The quantitative estimate of drug-likeness (QED) is 0.662. The lowest BCUT2D eigenvalue weighted by Crippen LogP contribution is -2.38. The van der Waals surface area contributed by atoms with Crippen molar-refractivity contribution >= 4 is 17.1 Å². The van der Waals surface area contributed by atoms with Gasteiger partial charge in [0.15, 0.2) is 5.58 Å². The topological polar surface area (TPSA) is 49.6 Å². The number of fused-ring (bicyclic) bond motifs is 1. The highest BCUT2D eigenvalue weighted by atomic mass is 19.1. The number of halogens is 2. The van der Waals surface area contributed by atoms with Gasteiger partial charge in [0.25, 0.3) is 0 Å². The van der Waals surface area contributed by atoms with Crippen LogP contribution in [0.25, 0.3) is 22.2 Å². The minimum atomic E-state index is -0.628. The number of likely N-dealkylation sites (tertiary alicyclic amines) is 1. The standard InChI is InChI=1S/C20H19F2N3O2/c1-24(2)20(26)25-9-3-4-17(25)19-23-16-10-12(5-8-18(16)27-19)14-7-6-13(21)11-15(14)22/h5-8,10-11,17H,3-4,9H2,1-2H3/t17-/m0/s1. The van der Waals surface area contributed by atoms with E-state index in [0.717, 1.165) is 18.9 Å². The lowest BCUT2D eigenvalue weighted by Gasteiger charge is -2.25. The minimum Gasteiger partial charge on any atom is -0.438 e. The van der Waals surface area contributed by atoms with E-state index >= 15 is 0 Å². The van der Waals surface area contributed by atoms with Crippen molar-refractivity contribution in [3.63, 3.8) is 0 Å². The average molecular weight is 371 g/mol. The number of oxazole rings is 1. The summed E-state index contributed by atoms with van der Waals surface area (Å²) in [6, 6.07) is 8.35. The van der Waals surface area contributed by atoms with Crippen LogP contribution in [0.15, 0.2) is 40.8 Å². The van der Waals surface area contributed by atoms with Gasteiger partial charge in [0.2, 0.25) is 5.89 Å². The van der Waals surface area contributed by atoms with E-state index in [1.165, 1.54) is 17.0 Å². The molecule has 140 valence electrons. The fourth-order valence-corrected chi connectivity index (χ4v) is 3.49. The number of carbonyl (C=O) groups is 1. The van der Waals surface area contributed by atoms with Gasteiger partial charge in [-0.3, -0.25) is 0 Å². The van der Waals surface area contributed by atoms with Gasteiger partial charge >= 0.3 is 6.03 Å². The van der Waals surface area contributed by atoms with Crippen molar-refractivity contribution in [2.45, 2.75) is 18.9 Å². The molecular weight excluding hydrogens is 352 g/mol. The Bertz CT molecular complexity index is 1020. The largest absolute Gasteiger partial charge is 0.438 e. The first-order valence-electron chi connectivity index (χ1n) is 8.78. The van der Waals surface area contributed by atoms with Gasteiger partial charge in [0.05, 0.1) is 0 Å². The van der Waals surface area contributed by atoms with Crippen molar-refractivity contribution in [1.29, 1.82) is 0 Å². The summed E-state index contributed by atoms with van der Waals surface area (Å²) in [5.74, 6) is -0.765. The molecule has 2 aromatic carbocycles. The molecule has 0 N–H and O–H groups in total. The summed E-state index contributed by atoms with van der Waals surface area (Å²) in [5, 5.41) is 0. The molecule has 5 nitrogen and oxygen atoms in total. The molecule has 0 unspecified atom stereocenters. The summed E-state index contributed by atoms with van der Waals surface area (Å²) in [6.07, 6.45) is 1.67. The van der Waals surface area contributed by atoms with E-state index in [-0.39, 0.29) is 12.1 Å². The first kappa shape index (κ1) is 17.5. The van der Waals surface area contributed by atoms with Crippen LogP contribution in [0.4, 0.5) is 13.6 Å². The molecule has 27 heavy (non-hydrogen) atoms. The predicted octanol–water partition coefficient (Wildman–Crippen LogP) is 4.59. The third-order valence-corrected chi connectivity index (χ3v) is 4.81. The number of urea groups is 1.